The summed E-state index contributed by atoms with van der Waals surface area (Å²) >= 11 is 12.1. The van der Waals surface area contributed by atoms with Crippen LogP contribution in [0.3, 0.4) is 0 Å². The number of nitrogens with one attached hydrogen (secondary N) is 1. The van der Waals surface area contributed by atoms with Gasteiger partial charge in [0, 0.05) is 35.2 Å². The third-order valence-corrected chi connectivity index (χ3v) is 6.52. The Morgan fingerprint density at radius 1 is 1.19 bits per heavy atom. The lowest BCUT2D eigenvalue weighted by Crippen LogP contribution is -2.28. The van der Waals surface area contributed by atoms with Crippen LogP contribution in [0.15, 0.2) is 41.3 Å². The van der Waals surface area contributed by atoms with E-state index in [1.54, 1.807) is 38.2 Å². The molecule has 5 nitrogen and oxygen atoms in total. The van der Waals surface area contributed by atoms with E-state index in [1.165, 1.54) is 17.0 Å². The Labute approximate surface area is 169 Å². The molecular weight excluding hydrogens is 407 g/mol. The predicted octanol–water partition coefficient (Wildman–Crippen LogP) is 4.01. The number of sulfonamides is 1. The van der Waals surface area contributed by atoms with Gasteiger partial charge in [-0.3, -0.25) is 4.79 Å². The van der Waals surface area contributed by atoms with Crippen LogP contribution in [0.2, 0.25) is 10.0 Å². The Bertz CT molecular complexity index is 988. The molecule has 8 heteroatoms. The largest absolute Gasteiger partial charge is 0.337 e. The molecule has 1 saturated carbocycles. The van der Waals surface area contributed by atoms with Gasteiger partial charge in [-0.1, -0.05) is 35.3 Å². The van der Waals surface area contributed by atoms with E-state index >= 15 is 0 Å². The average Bonchev–Trinajstić information content (AvgIpc) is 3.40. The van der Waals surface area contributed by atoms with Crippen molar-refractivity contribution in [3.63, 3.8) is 0 Å². The van der Waals surface area contributed by atoms with Crippen molar-refractivity contribution in [2.75, 3.05) is 7.05 Å². The van der Waals surface area contributed by atoms with Crippen LogP contribution < -0.4 is 4.72 Å². The van der Waals surface area contributed by atoms with Gasteiger partial charge in [-0.15, -0.1) is 0 Å². The van der Waals surface area contributed by atoms with Gasteiger partial charge in [0.1, 0.15) is 0 Å². The SMILES string of the molecule is Cc1ccc(S(=O)(=O)NC2CC2)cc1C(=O)N(C)Cc1ccc(Cl)cc1Cl. The molecule has 0 saturated heterocycles. The molecule has 27 heavy (non-hydrogen) atoms. The van der Waals surface area contributed by atoms with E-state index in [2.05, 4.69) is 4.72 Å². The Kier molecular flexibility index (Phi) is 5.82. The molecule has 0 atom stereocenters. The van der Waals surface area contributed by atoms with Gasteiger partial charge >= 0.3 is 0 Å². The summed E-state index contributed by atoms with van der Waals surface area (Å²) in [6.45, 7) is 2.06. The van der Waals surface area contributed by atoms with Crippen molar-refractivity contribution in [3.8, 4) is 0 Å². The van der Waals surface area contributed by atoms with Gasteiger partial charge in [-0.2, -0.15) is 0 Å². The van der Waals surface area contributed by atoms with E-state index in [-0.39, 0.29) is 23.4 Å². The van der Waals surface area contributed by atoms with Gasteiger partial charge in [0.15, 0.2) is 0 Å². The number of hydrogen-bond acceptors (Lipinski definition) is 3. The lowest BCUT2D eigenvalue weighted by Gasteiger charge is -2.20. The number of halogens is 2. The van der Waals surface area contributed by atoms with Gasteiger partial charge in [0.2, 0.25) is 10.0 Å². The zero-order chi connectivity index (χ0) is 19.8. The van der Waals surface area contributed by atoms with Crippen LogP contribution in [0.25, 0.3) is 0 Å². The van der Waals surface area contributed by atoms with Crippen molar-refractivity contribution in [2.24, 2.45) is 0 Å². The standard InChI is InChI=1S/C19H20Cl2N2O3S/c1-12-3-8-16(27(25,26)22-15-6-7-15)10-17(12)19(24)23(2)11-13-4-5-14(20)9-18(13)21/h3-5,8-10,15,22H,6-7,11H2,1-2H3. The molecular formula is C19H20Cl2N2O3S. The third-order valence-electron chi connectivity index (χ3n) is 4.42. The summed E-state index contributed by atoms with van der Waals surface area (Å²) < 4.78 is 27.5. The molecule has 0 unspecified atom stereocenters. The molecule has 0 aliphatic heterocycles. The monoisotopic (exact) mass is 426 g/mol. The highest BCUT2D eigenvalue weighted by molar-refractivity contribution is 7.89. The van der Waals surface area contributed by atoms with E-state index < -0.39 is 10.0 Å². The predicted molar refractivity (Wildman–Crippen MR) is 107 cm³/mol. The number of carbonyl (C=O) groups excluding carboxylic acids is 1. The second-order valence-electron chi connectivity index (χ2n) is 6.77. The molecule has 1 N–H and O–H groups in total. The topological polar surface area (TPSA) is 66.5 Å². The number of rotatable bonds is 6. The summed E-state index contributed by atoms with van der Waals surface area (Å²) in [4.78, 5) is 14.5. The van der Waals surface area contributed by atoms with E-state index in [4.69, 9.17) is 23.2 Å². The second-order valence-corrected chi connectivity index (χ2v) is 9.33. The first-order valence-electron chi connectivity index (χ1n) is 8.50. The first-order chi connectivity index (χ1) is 12.7. The minimum atomic E-state index is -3.62. The number of benzene rings is 2. The molecule has 1 amide bonds. The Morgan fingerprint density at radius 2 is 1.89 bits per heavy atom. The van der Waals surface area contributed by atoms with Crippen molar-refractivity contribution in [1.82, 2.24) is 9.62 Å². The average molecular weight is 427 g/mol. The molecule has 1 fully saturated rings. The van der Waals surface area contributed by atoms with Crippen LogP contribution in [-0.2, 0) is 16.6 Å². The summed E-state index contributed by atoms with van der Waals surface area (Å²) in [7, 11) is -1.97. The Balaban J connectivity index is 1.83. The number of aryl methyl sites for hydroxylation is 1. The van der Waals surface area contributed by atoms with Crippen LogP contribution in [-0.4, -0.2) is 32.3 Å². The lowest BCUT2D eigenvalue weighted by molar-refractivity contribution is 0.0784. The van der Waals surface area contributed by atoms with Gasteiger partial charge in [-0.25, -0.2) is 13.1 Å². The fraction of sp³-hybridized carbons (Fsp3) is 0.316. The molecule has 144 valence electrons. The van der Waals surface area contributed by atoms with E-state index in [1.807, 2.05) is 0 Å². The molecule has 0 radical (unpaired) electrons. The van der Waals surface area contributed by atoms with Gasteiger partial charge in [0.25, 0.3) is 5.91 Å². The van der Waals surface area contributed by atoms with E-state index in [0.717, 1.165) is 18.4 Å². The summed E-state index contributed by atoms with van der Waals surface area (Å²) in [6, 6.07) is 9.71. The molecule has 3 rings (SSSR count). The maximum Gasteiger partial charge on any atom is 0.254 e. The van der Waals surface area contributed by atoms with Gasteiger partial charge in [0.05, 0.1) is 4.90 Å². The molecule has 2 aromatic rings. The molecule has 0 aromatic heterocycles. The lowest BCUT2D eigenvalue weighted by atomic mass is 10.1. The Morgan fingerprint density at radius 3 is 2.52 bits per heavy atom. The van der Waals surface area contributed by atoms with Crippen LogP contribution in [0.1, 0.15) is 34.3 Å². The zero-order valence-corrected chi connectivity index (χ0v) is 17.3. The maximum absolute atomic E-state index is 12.9. The van der Waals surface area contributed by atoms with Crippen molar-refractivity contribution < 1.29 is 13.2 Å². The minimum Gasteiger partial charge on any atom is -0.337 e. The first-order valence-corrected chi connectivity index (χ1v) is 10.7. The number of nitrogens with zero attached hydrogens (tertiary/aromatic N) is 1. The first kappa shape index (κ1) is 20.1. The highest BCUT2D eigenvalue weighted by Gasteiger charge is 2.28. The maximum atomic E-state index is 12.9. The molecule has 1 aliphatic carbocycles. The highest BCUT2D eigenvalue weighted by Crippen LogP contribution is 2.25. The fourth-order valence-electron chi connectivity index (χ4n) is 2.67. The summed E-state index contributed by atoms with van der Waals surface area (Å²) in [5.74, 6) is -0.276. The van der Waals surface area contributed by atoms with Crippen LogP contribution in [0.5, 0.6) is 0 Å². The summed E-state index contributed by atoms with van der Waals surface area (Å²) in [5, 5.41) is 0.999. The van der Waals surface area contributed by atoms with E-state index in [9.17, 15) is 13.2 Å². The quantitative estimate of drug-likeness (QED) is 0.758. The number of amides is 1. The minimum absolute atomic E-state index is 0.00479. The van der Waals surface area contributed by atoms with Crippen molar-refractivity contribution in [2.45, 2.75) is 37.2 Å². The van der Waals surface area contributed by atoms with Crippen molar-refractivity contribution in [1.29, 1.82) is 0 Å². The van der Waals surface area contributed by atoms with E-state index in [0.29, 0.717) is 21.2 Å². The highest BCUT2D eigenvalue weighted by atomic mass is 35.5. The molecule has 0 heterocycles. The smallest absolute Gasteiger partial charge is 0.254 e. The van der Waals surface area contributed by atoms with Crippen LogP contribution in [0.4, 0.5) is 0 Å². The molecule has 0 bridgehead atoms. The summed E-state index contributed by atoms with van der Waals surface area (Å²) in [6.07, 6.45) is 1.70. The summed E-state index contributed by atoms with van der Waals surface area (Å²) in [5.41, 5.74) is 1.81. The second kappa shape index (κ2) is 7.80. The number of carbonyl (C=O) groups is 1. The normalized spacial score (nSPS) is 14.2. The molecule has 0 spiro atoms. The molecule has 2 aromatic carbocycles. The molecule has 1 aliphatic rings. The third kappa shape index (κ3) is 4.82. The van der Waals surface area contributed by atoms with Gasteiger partial charge < -0.3 is 4.90 Å². The van der Waals surface area contributed by atoms with Gasteiger partial charge in [-0.05, 0) is 55.2 Å². The number of hydrogen-bond donors (Lipinski definition) is 1. The Hall–Kier alpha value is -1.60. The van der Waals surface area contributed by atoms with Crippen LogP contribution in [0, 0.1) is 6.92 Å². The van der Waals surface area contributed by atoms with Crippen LogP contribution >= 0.6 is 23.2 Å². The zero-order valence-electron chi connectivity index (χ0n) is 15.0. The van der Waals surface area contributed by atoms with Crippen molar-refractivity contribution >= 4 is 39.1 Å². The van der Waals surface area contributed by atoms with Crippen molar-refractivity contribution in [3.05, 3.63) is 63.1 Å². The fourth-order valence-corrected chi connectivity index (χ4v) is 4.47.